The third-order valence-corrected chi connectivity index (χ3v) is 2.91. The lowest BCUT2D eigenvalue weighted by Gasteiger charge is -2.23. The van der Waals surface area contributed by atoms with Crippen molar-refractivity contribution < 1.29 is 4.74 Å². The molecule has 1 aliphatic heterocycles. The van der Waals surface area contributed by atoms with Crippen LogP contribution in [0.25, 0.3) is 0 Å². The third-order valence-electron chi connectivity index (χ3n) is 2.91. The molecule has 0 amide bonds. The van der Waals surface area contributed by atoms with Crippen molar-refractivity contribution in [1.29, 1.82) is 0 Å². The Morgan fingerprint density at radius 3 is 3.06 bits per heavy atom. The summed E-state index contributed by atoms with van der Waals surface area (Å²) in [6, 6.07) is 4.45. The van der Waals surface area contributed by atoms with Crippen LogP contribution < -0.4 is 15.4 Å². The zero-order valence-corrected chi connectivity index (χ0v) is 9.70. The van der Waals surface area contributed by atoms with E-state index in [1.807, 2.05) is 12.1 Å². The molecule has 1 fully saturated rings. The van der Waals surface area contributed by atoms with Gasteiger partial charge in [-0.3, -0.25) is 0 Å². The first-order valence-corrected chi connectivity index (χ1v) is 5.86. The van der Waals surface area contributed by atoms with Crippen LogP contribution in [0.15, 0.2) is 18.3 Å². The van der Waals surface area contributed by atoms with Gasteiger partial charge in [0.05, 0.1) is 13.3 Å². The smallest absolute Gasteiger partial charge is 0.137 e. The minimum Gasteiger partial charge on any atom is -0.495 e. The fraction of sp³-hybridized carbons (Fsp3) is 0.583. The molecule has 0 radical (unpaired) electrons. The molecular weight excluding hydrogens is 202 g/mol. The Morgan fingerprint density at radius 1 is 1.50 bits per heavy atom. The van der Waals surface area contributed by atoms with Crippen LogP contribution in [0.2, 0.25) is 0 Å². The second-order valence-corrected chi connectivity index (χ2v) is 4.11. The molecule has 0 aliphatic carbocycles. The minimum atomic E-state index is 0.581. The summed E-state index contributed by atoms with van der Waals surface area (Å²) in [5.41, 5.74) is 0. The molecule has 1 aromatic rings. The van der Waals surface area contributed by atoms with E-state index in [1.54, 1.807) is 13.3 Å². The number of pyridine rings is 1. The SMILES string of the molecule is COc1ccc(NCC2CCCCN2)nc1. The Morgan fingerprint density at radius 2 is 2.44 bits per heavy atom. The summed E-state index contributed by atoms with van der Waals surface area (Å²) < 4.78 is 5.06. The summed E-state index contributed by atoms with van der Waals surface area (Å²) in [5, 5.41) is 6.83. The summed E-state index contributed by atoms with van der Waals surface area (Å²) in [6.07, 6.45) is 5.62. The summed E-state index contributed by atoms with van der Waals surface area (Å²) in [6.45, 7) is 2.09. The van der Waals surface area contributed by atoms with Crippen LogP contribution in [0, 0.1) is 0 Å². The molecule has 16 heavy (non-hydrogen) atoms. The lowest BCUT2D eigenvalue weighted by molar-refractivity contribution is 0.411. The van der Waals surface area contributed by atoms with E-state index in [9.17, 15) is 0 Å². The molecule has 0 aromatic carbocycles. The van der Waals surface area contributed by atoms with Crippen molar-refractivity contribution >= 4 is 5.82 Å². The molecule has 4 heteroatoms. The number of anilines is 1. The van der Waals surface area contributed by atoms with Gasteiger partial charge in [-0.1, -0.05) is 6.42 Å². The number of nitrogens with one attached hydrogen (secondary N) is 2. The lowest BCUT2D eigenvalue weighted by atomic mass is 10.1. The van der Waals surface area contributed by atoms with E-state index in [1.165, 1.54) is 19.3 Å². The van der Waals surface area contributed by atoms with Crippen molar-refractivity contribution in [3.8, 4) is 5.75 Å². The highest BCUT2D eigenvalue weighted by atomic mass is 16.5. The van der Waals surface area contributed by atoms with E-state index in [2.05, 4.69) is 15.6 Å². The van der Waals surface area contributed by atoms with Gasteiger partial charge in [0.1, 0.15) is 11.6 Å². The fourth-order valence-corrected chi connectivity index (χ4v) is 1.93. The molecule has 1 atom stereocenters. The molecule has 0 spiro atoms. The van der Waals surface area contributed by atoms with Crippen LogP contribution in [0.4, 0.5) is 5.82 Å². The zero-order valence-electron chi connectivity index (χ0n) is 9.70. The lowest BCUT2D eigenvalue weighted by Crippen LogP contribution is -2.39. The van der Waals surface area contributed by atoms with Crippen molar-refractivity contribution in [3.05, 3.63) is 18.3 Å². The first-order chi connectivity index (χ1) is 7.88. The van der Waals surface area contributed by atoms with Crippen LogP contribution in [0.3, 0.4) is 0 Å². The van der Waals surface area contributed by atoms with E-state index in [0.29, 0.717) is 6.04 Å². The topological polar surface area (TPSA) is 46.2 Å². The van der Waals surface area contributed by atoms with E-state index in [-0.39, 0.29) is 0 Å². The van der Waals surface area contributed by atoms with E-state index in [0.717, 1.165) is 24.7 Å². The van der Waals surface area contributed by atoms with Gasteiger partial charge < -0.3 is 15.4 Å². The molecular formula is C12H19N3O. The van der Waals surface area contributed by atoms with Crippen molar-refractivity contribution in [2.75, 3.05) is 25.5 Å². The average molecular weight is 221 g/mol. The Hall–Kier alpha value is -1.29. The highest BCUT2D eigenvalue weighted by Gasteiger charge is 2.11. The number of ether oxygens (including phenoxy) is 1. The van der Waals surface area contributed by atoms with Gasteiger partial charge >= 0.3 is 0 Å². The van der Waals surface area contributed by atoms with E-state index >= 15 is 0 Å². The van der Waals surface area contributed by atoms with Crippen molar-refractivity contribution in [2.24, 2.45) is 0 Å². The van der Waals surface area contributed by atoms with Crippen LogP contribution >= 0.6 is 0 Å². The number of rotatable bonds is 4. The molecule has 1 saturated heterocycles. The summed E-state index contributed by atoms with van der Waals surface area (Å²) in [7, 11) is 1.65. The standard InChI is InChI=1S/C12H19N3O/c1-16-11-5-6-12(15-9-11)14-8-10-4-2-3-7-13-10/h5-6,9-10,13H,2-4,7-8H2,1H3,(H,14,15). The normalized spacial score (nSPS) is 20.4. The molecule has 1 unspecified atom stereocenters. The van der Waals surface area contributed by atoms with Gasteiger partial charge in [-0.25, -0.2) is 4.98 Å². The zero-order chi connectivity index (χ0) is 11.2. The maximum absolute atomic E-state index is 5.06. The molecule has 0 saturated carbocycles. The number of hydrogen-bond acceptors (Lipinski definition) is 4. The van der Waals surface area contributed by atoms with Gasteiger partial charge in [-0.15, -0.1) is 0 Å². The second-order valence-electron chi connectivity index (χ2n) is 4.11. The minimum absolute atomic E-state index is 0.581. The number of piperidine rings is 1. The van der Waals surface area contributed by atoms with E-state index in [4.69, 9.17) is 4.74 Å². The Labute approximate surface area is 96.4 Å². The van der Waals surface area contributed by atoms with Gasteiger partial charge in [0.2, 0.25) is 0 Å². The molecule has 1 aliphatic rings. The Kier molecular flexibility index (Phi) is 3.99. The van der Waals surface area contributed by atoms with E-state index < -0.39 is 0 Å². The van der Waals surface area contributed by atoms with Crippen LogP contribution in [-0.4, -0.2) is 31.2 Å². The summed E-state index contributed by atoms with van der Waals surface area (Å²) >= 11 is 0. The Bertz CT molecular complexity index is 307. The number of nitrogens with zero attached hydrogens (tertiary/aromatic N) is 1. The molecule has 0 bridgehead atoms. The molecule has 1 aromatic heterocycles. The maximum atomic E-state index is 5.06. The quantitative estimate of drug-likeness (QED) is 0.811. The van der Waals surface area contributed by atoms with Crippen molar-refractivity contribution in [1.82, 2.24) is 10.3 Å². The second kappa shape index (κ2) is 5.70. The molecule has 88 valence electrons. The first kappa shape index (κ1) is 11.2. The van der Waals surface area contributed by atoms with Crippen LogP contribution in [0.5, 0.6) is 5.75 Å². The van der Waals surface area contributed by atoms with Gasteiger partial charge in [-0.05, 0) is 31.5 Å². The summed E-state index contributed by atoms with van der Waals surface area (Å²) in [4.78, 5) is 4.27. The van der Waals surface area contributed by atoms with Crippen LogP contribution in [-0.2, 0) is 0 Å². The maximum Gasteiger partial charge on any atom is 0.137 e. The highest BCUT2D eigenvalue weighted by molar-refractivity contribution is 5.37. The molecule has 2 heterocycles. The third kappa shape index (κ3) is 3.10. The largest absolute Gasteiger partial charge is 0.495 e. The van der Waals surface area contributed by atoms with Gasteiger partial charge in [-0.2, -0.15) is 0 Å². The predicted molar refractivity (Wildman–Crippen MR) is 64.9 cm³/mol. The number of hydrogen-bond donors (Lipinski definition) is 2. The number of aromatic nitrogens is 1. The van der Waals surface area contributed by atoms with Gasteiger partial charge in [0.25, 0.3) is 0 Å². The van der Waals surface area contributed by atoms with Crippen molar-refractivity contribution in [3.63, 3.8) is 0 Å². The molecule has 2 rings (SSSR count). The van der Waals surface area contributed by atoms with Gasteiger partial charge in [0, 0.05) is 12.6 Å². The average Bonchev–Trinajstić information content (AvgIpc) is 2.38. The monoisotopic (exact) mass is 221 g/mol. The first-order valence-electron chi connectivity index (χ1n) is 5.86. The number of methoxy groups -OCH3 is 1. The van der Waals surface area contributed by atoms with Crippen molar-refractivity contribution in [2.45, 2.75) is 25.3 Å². The summed E-state index contributed by atoms with van der Waals surface area (Å²) in [5.74, 6) is 1.70. The molecule has 2 N–H and O–H groups in total. The van der Waals surface area contributed by atoms with Crippen LogP contribution in [0.1, 0.15) is 19.3 Å². The fourth-order valence-electron chi connectivity index (χ4n) is 1.93. The highest BCUT2D eigenvalue weighted by Crippen LogP contribution is 2.12. The predicted octanol–water partition coefficient (Wildman–Crippen LogP) is 1.64. The van der Waals surface area contributed by atoms with Gasteiger partial charge in [0.15, 0.2) is 0 Å². The Balaban J connectivity index is 1.79. The molecule has 4 nitrogen and oxygen atoms in total.